The second-order valence-electron chi connectivity index (χ2n) is 3.99. The predicted molar refractivity (Wildman–Crippen MR) is 82.0 cm³/mol. The third-order valence-electron chi connectivity index (χ3n) is 2.47. The van der Waals surface area contributed by atoms with Crippen LogP contribution >= 0.6 is 23.6 Å². The molecule has 0 unspecified atom stereocenters. The van der Waals surface area contributed by atoms with Crippen molar-refractivity contribution in [2.45, 2.75) is 13.3 Å². The number of carbonyl (C=O) groups excluding carboxylic acids is 2. The smallest absolute Gasteiger partial charge is 0.311 e. The minimum Gasteiger partial charge on any atom is -0.466 e. The molecule has 6 nitrogen and oxygen atoms in total. The van der Waals surface area contributed by atoms with Crippen LogP contribution in [-0.4, -0.2) is 28.5 Å². The topological polar surface area (TPSA) is 84.1 Å². The minimum atomic E-state index is -0.341. The van der Waals surface area contributed by atoms with Gasteiger partial charge in [-0.3, -0.25) is 14.9 Å². The van der Waals surface area contributed by atoms with Gasteiger partial charge in [0.25, 0.3) is 5.91 Å². The third kappa shape index (κ3) is 4.20. The standard InChI is InChI=1S/C13H13N3O3S2/c1-2-19-10(17)6-8-7-21-13(15-8)16-11(18)9-4-3-5-14-12(9)20/h3-5,7H,2,6H2,1H3,(H,14,20)(H,15,16,18). The summed E-state index contributed by atoms with van der Waals surface area (Å²) in [5.74, 6) is -0.680. The molecule has 2 N–H and O–H groups in total. The highest BCUT2D eigenvalue weighted by Crippen LogP contribution is 2.17. The first-order valence-corrected chi connectivity index (χ1v) is 7.48. The van der Waals surface area contributed by atoms with E-state index in [4.69, 9.17) is 17.0 Å². The molecule has 110 valence electrons. The van der Waals surface area contributed by atoms with Crippen LogP contribution in [0.3, 0.4) is 0 Å². The molecule has 1 amide bonds. The Bertz CT molecular complexity index is 708. The number of hydrogen-bond donors (Lipinski definition) is 2. The van der Waals surface area contributed by atoms with E-state index in [9.17, 15) is 9.59 Å². The number of carbonyl (C=O) groups is 2. The van der Waals surface area contributed by atoms with Crippen molar-refractivity contribution in [1.82, 2.24) is 9.97 Å². The lowest BCUT2D eigenvalue weighted by Crippen LogP contribution is -2.13. The largest absolute Gasteiger partial charge is 0.466 e. The Balaban J connectivity index is 2.03. The molecule has 0 atom stereocenters. The van der Waals surface area contributed by atoms with Crippen molar-refractivity contribution in [3.05, 3.63) is 39.6 Å². The average molecular weight is 323 g/mol. The number of nitrogens with one attached hydrogen (secondary N) is 2. The van der Waals surface area contributed by atoms with Gasteiger partial charge in [-0.1, -0.05) is 12.2 Å². The molecule has 2 heterocycles. The van der Waals surface area contributed by atoms with Crippen molar-refractivity contribution in [2.24, 2.45) is 0 Å². The van der Waals surface area contributed by atoms with Crippen LogP contribution < -0.4 is 5.32 Å². The highest BCUT2D eigenvalue weighted by molar-refractivity contribution is 7.71. The molecule has 0 aliphatic carbocycles. The van der Waals surface area contributed by atoms with Gasteiger partial charge in [-0.15, -0.1) is 11.3 Å². The molecule has 0 spiro atoms. The number of rotatable bonds is 5. The summed E-state index contributed by atoms with van der Waals surface area (Å²) in [5, 5.41) is 4.78. The Morgan fingerprint density at radius 1 is 1.52 bits per heavy atom. The van der Waals surface area contributed by atoms with Crippen molar-refractivity contribution in [3.63, 3.8) is 0 Å². The normalized spacial score (nSPS) is 10.1. The molecule has 0 fully saturated rings. The van der Waals surface area contributed by atoms with Crippen molar-refractivity contribution >= 4 is 40.6 Å². The maximum absolute atomic E-state index is 12.0. The molecule has 2 rings (SSSR count). The van der Waals surface area contributed by atoms with Crippen LogP contribution in [0.2, 0.25) is 0 Å². The van der Waals surface area contributed by atoms with Crippen molar-refractivity contribution in [1.29, 1.82) is 0 Å². The highest BCUT2D eigenvalue weighted by Gasteiger charge is 2.12. The predicted octanol–water partition coefficient (Wildman–Crippen LogP) is 2.56. The summed E-state index contributed by atoms with van der Waals surface area (Å²) in [6, 6.07) is 3.32. The van der Waals surface area contributed by atoms with E-state index in [2.05, 4.69) is 15.3 Å². The summed E-state index contributed by atoms with van der Waals surface area (Å²) in [6.07, 6.45) is 1.74. The Labute approximate surface area is 130 Å². The van der Waals surface area contributed by atoms with E-state index in [0.29, 0.717) is 27.6 Å². The zero-order valence-corrected chi connectivity index (χ0v) is 12.8. The number of H-pyrrole nitrogens is 1. The molecular formula is C13H13N3O3S2. The maximum atomic E-state index is 12.0. The van der Waals surface area contributed by atoms with E-state index < -0.39 is 0 Å². The fourth-order valence-electron chi connectivity index (χ4n) is 1.57. The van der Waals surface area contributed by atoms with Crippen LogP contribution in [0, 0.1) is 4.64 Å². The molecule has 0 saturated heterocycles. The van der Waals surface area contributed by atoms with E-state index in [0.717, 1.165) is 0 Å². The molecular weight excluding hydrogens is 310 g/mol. The molecule has 2 aromatic heterocycles. The maximum Gasteiger partial charge on any atom is 0.311 e. The van der Waals surface area contributed by atoms with E-state index in [-0.39, 0.29) is 18.3 Å². The van der Waals surface area contributed by atoms with E-state index >= 15 is 0 Å². The van der Waals surface area contributed by atoms with Gasteiger partial charge in [0.15, 0.2) is 5.13 Å². The fourth-order valence-corrected chi connectivity index (χ4v) is 2.50. The monoisotopic (exact) mass is 323 g/mol. The van der Waals surface area contributed by atoms with Crippen LogP contribution in [0.15, 0.2) is 23.7 Å². The minimum absolute atomic E-state index is 0.0889. The highest BCUT2D eigenvalue weighted by atomic mass is 32.1. The van der Waals surface area contributed by atoms with Gasteiger partial charge in [0.05, 0.1) is 24.3 Å². The first-order chi connectivity index (χ1) is 10.1. The number of aromatic amines is 1. The van der Waals surface area contributed by atoms with Crippen LogP contribution in [-0.2, 0) is 16.0 Å². The number of anilines is 1. The summed E-state index contributed by atoms with van der Waals surface area (Å²) in [6.45, 7) is 2.08. The summed E-state index contributed by atoms with van der Waals surface area (Å²) < 4.78 is 5.20. The molecule has 0 saturated carbocycles. The Kier molecular flexibility index (Phi) is 5.18. The van der Waals surface area contributed by atoms with Gasteiger partial charge in [-0.2, -0.15) is 0 Å². The molecule has 0 radical (unpaired) electrons. The van der Waals surface area contributed by atoms with Gasteiger partial charge in [0, 0.05) is 11.6 Å². The Hall–Kier alpha value is -2.06. The summed E-state index contributed by atoms with van der Waals surface area (Å²) >= 11 is 6.28. The molecule has 2 aromatic rings. The summed E-state index contributed by atoms with van der Waals surface area (Å²) in [7, 11) is 0. The number of pyridine rings is 1. The van der Waals surface area contributed by atoms with Gasteiger partial charge in [0.2, 0.25) is 0 Å². The summed E-state index contributed by atoms with van der Waals surface area (Å²) in [5.41, 5.74) is 0.932. The lowest BCUT2D eigenvalue weighted by atomic mass is 10.3. The van der Waals surface area contributed by atoms with Crippen molar-refractivity contribution in [3.8, 4) is 0 Å². The number of ether oxygens (including phenoxy) is 1. The molecule has 21 heavy (non-hydrogen) atoms. The van der Waals surface area contributed by atoms with E-state index in [1.807, 2.05) is 0 Å². The van der Waals surface area contributed by atoms with Gasteiger partial charge in [-0.05, 0) is 19.1 Å². The lowest BCUT2D eigenvalue weighted by molar-refractivity contribution is -0.142. The number of esters is 1. The quantitative estimate of drug-likeness (QED) is 0.652. The first kappa shape index (κ1) is 15.3. The van der Waals surface area contributed by atoms with Gasteiger partial charge in [-0.25, -0.2) is 4.98 Å². The average Bonchev–Trinajstić information content (AvgIpc) is 2.86. The molecule has 0 aliphatic heterocycles. The number of amides is 1. The first-order valence-electron chi connectivity index (χ1n) is 6.19. The lowest BCUT2D eigenvalue weighted by Gasteiger charge is -2.01. The number of nitrogens with zero attached hydrogens (tertiary/aromatic N) is 1. The Morgan fingerprint density at radius 2 is 2.33 bits per heavy atom. The molecule has 0 bridgehead atoms. The van der Waals surface area contributed by atoms with E-state index in [1.165, 1.54) is 11.3 Å². The van der Waals surface area contributed by atoms with Crippen molar-refractivity contribution in [2.75, 3.05) is 11.9 Å². The Morgan fingerprint density at radius 3 is 3.05 bits per heavy atom. The third-order valence-corrected chi connectivity index (χ3v) is 3.61. The molecule has 0 aliphatic rings. The number of aromatic nitrogens is 2. The van der Waals surface area contributed by atoms with Crippen LogP contribution in [0.25, 0.3) is 0 Å². The van der Waals surface area contributed by atoms with E-state index in [1.54, 1.807) is 30.6 Å². The number of thiazole rings is 1. The molecule has 8 heteroatoms. The van der Waals surface area contributed by atoms with Gasteiger partial charge >= 0.3 is 5.97 Å². The second-order valence-corrected chi connectivity index (χ2v) is 5.26. The van der Waals surface area contributed by atoms with Crippen molar-refractivity contribution < 1.29 is 14.3 Å². The van der Waals surface area contributed by atoms with Crippen LogP contribution in [0.4, 0.5) is 5.13 Å². The van der Waals surface area contributed by atoms with Crippen LogP contribution in [0.5, 0.6) is 0 Å². The zero-order valence-electron chi connectivity index (χ0n) is 11.2. The van der Waals surface area contributed by atoms with Crippen LogP contribution in [0.1, 0.15) is 23.0 Å². The zero-order chi connectivity index (χ0) is 15.2. The van der Waals surface area contributed by atoms with Gasteiger partial charge in [0.1, 0.15) is 4.64 Å². The SMILES string of the molecule is CCOC(=O)Cc1csc(NC(=O)c2ccc[nH]c2=S)n1. The summed E-state index contributed by atoms with van der Waals surface area (Å²) in [4.78, 5) is 30.4. The van der Waals surface area contributed by atoms with Gasteiger partial charge < -0.3 is 9.72 Å². The number of hydrogen-bond acceptors (Lipinski definition) is 6. The fraction of sp³-hybridized carbons (Fsp3) is 0.231. The molecule has 0 aromatic carbocycles. The second kappa shape index (κ2) is 7.09.